The molecule has 9 heteroatoms. The quantitative estimate of drug-likeness (QED) is 0.597. The number of H-pyrrole nitrogens is 1. The normalized spacial score (nSPS) is 14.8. The number of fused-ring (bicyclic) bond motifs is 1. The Kier molecular flexibility index (Phi) is 5.05. The monoisotopic (exact) mass is 403 g/mol. The number of amides is 2. The molecular formula is C21H17N5O4. The highest BCUT2D eigenvalue weighted by molar-refractivity contribution is 5.92. The van der Waals surface area contributed by atoms with Gasteiger partial charge in [-0.15, -0.1) is 0 Å². The number of aromatic amines is 1. The molecule has 2 amide bonds. The summed E-state index contributed by atoms with van der Waals surface area (Å²) in [5.74, 6) is 0.648. The van der Waals surface area contributed by atoms with E-state index in [-0.39, 0.29) is 24.5 Å². The van der Waals surface area contributed by atoms with Crippen molar-refractivity contribution in [3.8, 4) is 11.8 Å². The maximum atomic E-state index is 12.7. The third kappa shape index (κ3) is 3.66. The summed E-state index contributed by atoms with van der Waals surface area (Å²) in [6.45, 7) is 0.102. The predicted octanol–water partition coefficient (Wildman–Crippen LogP) is 1.71. The van der Waals surface area contributed by atoms with E-state index >= 15 is 0 Å². The molecule has 0 spiro atoms. The molecule has 9 nitrogen and oxygen atoms in total. The number of ether oxygens (including phenoxy) is 1. The Bertz CT molecular complexity index is 1240. The van der Waals surface area contributed by atoms with Gasteiger partial charge < -0.3 is 10.1 Å². The van der Waals surface area contributed by atoms with Crippen LogP contribution in [0, 0.1) is 11.3 Å². The van der Waals surface area contributed by atoms with Crippen molar-refractivity contribution in [3.05, 3.63) is 92.1 Å². The molecule has 150 valence electrons. The molecule has 1 atom stereocenters. The molecule has 0 fully saturated rings. The van der Waals surface area contributed by atoms with Gasteiger partial charge >= 0.3 is 11.7 Å². The molecule has 1 aliphatic rings. The topological polar surface area (TPSA) is 129 Å². The Morgan fingerprint density at radius 1 is 1.03 bits per heavy atom. The molecule has 1 aliphatic heterocycles. The number of nitriles is 1. The predicted molar refractivity (Wildman–Crippen MR) is 108 cm³/mol. The van der Waals surface area contributed by atoms with Crippen LogP contribution in [0.4, 0.5) is 10.6 Å². The van der Waals surface area contributed by atoms with Crippen molar-refractivity contribution >= 4 is 11.8 Å². The summed E-state index contributed by atoms with van der Waals surface area (Å²) >= 11 is 0. The maximum absolute atomic E-state index is 12.7. The summed E-state index contributed by atoms with van der Waals surface area (Å²) in [6, 6.07) is 16.5. The van der Waals surface area contributed by atoms with E-state index in [1.54, 1.807) is 24.3 Å². The second-order valence-corrected chi connectivity index (χ2v) is 6.64. The van der Waals surface area contributed by atoms with Crippen LogP contribution in [0.1, 0.15) is 22.7 Å². The zero-order chi connectivity index (χ0) is 21.1. The van der Waals surface area contributed by atoms with Crippen LogP contribution in [0.3, 0.4) is 0 Å². The van der Waals surface area contributed by atoms with Crippen LogP contribution < -0.4 is 26.6 Å². The van der Waals surface area contributed by atoms with Crippen molar-refractivity contribution in [2.75, 3.05) is 11.9 Å². The Morgan fingerprint density at radius 3 is 2.47 bits per heavy atom. The van der Waals surface area contributed by atoms with Crippen LogP contribution in [0.5, 0.6) is 5.75 Å². The van der Waals surface area contributed by atoms with Crippen molar-refractivity contribution in [1.82, 2.24) is 14.9 Å². The fourth-order valence-electron chi connectivity index (χ4n) is 3.37. The van der Waals surface area contributed by atoms with Crippen molar-refractivity contribution < 1.29 is 9.53 Å². The molecule has 0 saturated heterocycles. The number of urea groups is 1. The van der Waals surface area contributed by atoms with Gasteiger partial charge in [0.05, 0.1) is 18.2 Å². The van der Waals surface area contributed by atoms with Crippen molar-refractivity contribution in [2.45, 2.75) is 12.6 Å². The molecule has 0 saturated carbocycles. The SMILES string of the molecule is N#CCOc1ccc(C2NC(=O)Nc3c2c(=O)[nH]c(=O)n3Cc2ccccc2)cc1. The number of rotatable bonds is 5. The number of aromatic nitrogens is 2. The fourth-order valence-corrected chi connectivity index (χ4v) is 3.37. The molecular weight excluding hydrogens is 386 g/mol. The van der Waals surface area contributed by atoms with E-state index in [0.717, 1.165) is 5.56 Å². The zero-order valence-corrected chi connectivity index (χ0v) is 15.7. The van der Waals surface area contributed by atoms with Gasteiger partial charge in [-0.25, -0.2) is 9.59 Å². The first kappa shape index (κ1) is 19.0. The molecule has 0 radical (unpaired) electrons. The van der Waals surface area contributed by atoms with Gasteiger partial charge in [0.1, 0.15) is 17.6 Å². The fraction of sp³-hybridized carbons (Fsp3) is 0.143. The number of nitrogens with one attached hydrogen (secondary N) is 3. The van der Waals surface area contributed by atoms with E-state index in [1.807, 2.05) is 36.4 Å². The van der Waals surface area contributed by atoms with Gasteiger partial charge in [0.2, 0.25) is 0 Å². The summed E-state index contributed by atoms with van der Waals surface area (Å²) in [5, 5.41) is 13.9. The molecule has 2 aromatic carbocycles. The van der Waals surface area contributed by atoms with Crippen LogP contribution >= 0.6 is 0 Å². The van der Waals surface area contributed by atoms with E-state index in [2.05, 4.69) is 15.6 Å². The van der Waals surface area contributed by atoms with Crippen LogP contribution in [-0.2, 0) is 6.54 Å². The Morgan fingerprint density at radius 2 is 1.77 bits per heavy atom. The Hall–Kier alpha value is -4.32. The first-order valence-electron chi connectivity index (χ1n) is 9.15. The highest BCUT2D eigenvalue weighted by Crippen LogP contribution is 2.29. The zero-order valence-electron chi connectivity index (χ0n) is 15.7. The van der Waals surface area contributed by atoms with Gasteiger partial charge in [-0.1, -0.05) is 42.5 Å². The largest absolute Gasteiger partial charge is 0.479 e. The minimum Gasteiger partial charge on any atom is -0.479 e. The highest BCUT2D eigenvalue weighted by atomic mass is 16.5. The lowest BCUT2D eigenvalue weighted by molar-refractivity contribution is 0.248. The Balaban J connectivity index is 1.78. The summed E-state index contributed by atoms with van der Waals surface area (Å²) < 4.78 is 6.57. The lowest BCUT2D eigenvalue weighted by Gasteiger charge is -2.28. The number of hydrogen-bond donors (Lipinski definition) is 3. The van der Waals surface area contributed by atoms with E-state index in [0.29, 0.717) is 11.3 Å². The van der Waals surface area contributed by atoms with Crippen molar-refractivity contribution in [1.29, 1.82) is 5.26 Å². The van der Waals surface area contributed by atoms with E-state index in [4.69, 9.17) is 10.00 Å². The summed E-state index contributed by atoms with van der Waals surface area (Å²) in [5.41, 5.74) is 0.518. The van der Waals surface area contributed by atoms with Gasteiger partial charge in [-0.05, 0) is 23.3 Å². The number of anilines is 1. The molecule has 1 unspecified atom stereocenters. The summed E-state index contributed by atoms with van der Waals surface area (Å²) in [7, 11) is 0. The van der Waals surface area contributed by atoms with Crippen LogP contribution in [0.2, 0.25) is 0 Å². The van der Waals surface area contributed by atoms with Crippen molar-refractivity contribution in [3.63, 3.8) is 0 Å². The second-order valence-electron chi connectivity index (χ2n) is 6.64. The molecule has 1 aromatic heterocycles. The van der Waals surface area contributed by atoms with Gasteiger partial charge in [0, 0.05) is 0 Å². The third-order valence-electron chi connectivity index (χ3n) is 4.73. The summed E-state index contributed by atoms with van der Waals surface area (Å²) in [6.07, 6.45) is 0. The van der Waals surface area contributed by atoms with E-state index < -0.39 is 23.3 Å². The number of hydrogen-bond acceptors (Lipinski definition) is 5. The first-order chi connectivity index (χ1) is 14.6. The third-order valence-corrected chi connectivity index (χ3v) is 4.73. The van der Waals surface area contributed by atoms with Gasteiger partial charge in [0.15, 0.2) is 6.61 Å². The molecule has 0 aliphatic carbocycles. The molecule has 3 N–H and O–H groups in total. The number of carbonyl (C=O) groups is 1. The minimum atomic E-state index is -0.759. The minimum absolute atomic E-state index is 0.0856. The summed E-state index contributed by atoms with van der Waals surface area (Å²) in [4.78, 5) is 39.8. The van der Waals surface area contributed by atoms with E-state index in [1.165, 1.54) is 4.57 Å². The van der Waals surface area contributed by atoms with Gasteiger partial charge in [-0.3, -0.25) is 19.7 Å². The lowest BCUT2D eigenvalue weighted by Crippen LogP contribution is -2.46. The van der Waals surface area contributed by atoms with E-state index in [9.17, 15) is 14.4 Å². The highest BCUT2D eigenvalue weighted by Gasteiger charge is 2.31. The first-order valence-corrected chi connectivity index (χ1v) is 9.15. The van der Waals surface area contributed by atoms with Crippen molar-refractivity contribution in [2.24, 2.45) is 0 Å². The van der Waals surface area contributed by atoms with Crippen LogP contribution in [0.25, 0.3) is 0 Å². The number of benzene rings is 2. The van der Waals surface area contributed by atoms with Gasteiger partial charge in [0.25, 0.3) is 5.56 Å². The molecule has 3 aromatic rings. The lowest BCUT2D eigenvalue weighted by atomic mass is 9.98. The van der Waals surface area contributed by atoms with Crippen LogP contribution in [-0.4, -0.2) is 22.2 Å². The average Bonchev–Trinajstić information content (AvgIpc) is 2.75. The number of carbonyl (C=O) groups excluding carboxylic acids is 1. The van der Waals surface area contributed by atoms with Gasteiger partial charge in [-0.2, -0.15) is 5.26 Å². The maximum Gasteiger partial charge on any atom is 0.330 e. The molecule has 4 rings (SSSR count). The smallest absolute Gasteiger partial charge is 0.330 e. The molecule has 30 heavy (non-hydrogen) atoms. The standard InChI is InChI=1S/C21H17N5O4/c22-10-11-30-15-8-6-14(7-9-15)17-16-18(24-20(28)23-17)26(21(29)25-19(16)27)12-13-4-2-1-3-5-13/h1-9,17H,11-12H2,(H2,23,24,28)(H,25,27,29). The molecule has 0 bridgehead atoms. The molecule has 2 heterocycles. The Labute approximate surface area is 170 Å². The second kappa shape index (κ2) is 7.97. The number of nitrogens with zero attached hydrogens (tertiary/aromatic N) is 2. The van der Waals surface area contributed by atoms with Crippen LogP contribution in [0.15, 0.2) is 64.2 Å². The average molecular weight is 403 g/mol.